The highest BCUT2D eigenvalue weighted by molar-refractivity contribution is 6.33. The third-order valence-corrected chi connectivity index (χ3v) is 3.09. The first-order valence-electron chi connectivity index (χ1n) is 5.92. The zero-order valence-electron chi connectivity index (χ0n) is 10.9. The van der Waals surface area contributed by atoms with Crippen molar-refractivity contribution in [1.29, 1.82) is 0 Å². The number of hydrogen-bond donors (Lipinski definition) is 1. The fraction of sp³-hybridized carbons (Fsp3) is 0.0769. The van der Waals surface area contributed by atoms with Gasteiger partial charge in [0, 0.05) is 18.5 Å². The van der Waals surface area contributed by atoms with Gasteiger partial charge >= 0.3 is 0 Å². The zero-order chi connectivity index (χ0) is 14.8. The van der Waals surface area contributed by atoms with E-state index in [-0.39, 0.29) is 5.89 Å². The van der Waals surface area contributed by atoms with Crippen molar-refractivity contribution < 1.29 is 9.26 Å². The first-order valence-corrected chi connectivity index (χ1v) is 6.30. The van der Waals surface area contributed by atoms with E-state index in [0.29, 0.717) is 33.5 Å². The second-order valence-electron chi connectivity index (χ2n) is 4.09. The lowest BCUT2D eigenvalue weighted by molar-refractivity contribution is 0.405. The Hall–Kier alpha value is -2.67. The van der Waals surface area contributed by atoms with Crippen LogP contribution in [0.3, 0.4) is 0 Å². The van der Waals surface area contributed by atoms with Gasteiger partial charge in [-0.2, -0.15) is 4.98 Å². The van der Waals surface area contributed by atoms with Crippen molar-refractivity contribution >= 4 is 17.3 Å². The molecule has 0 atom stereocenters. The lowest BCUT2D eigenvalue weighted by Crippen LogP contribution is -1.93. The number of benzene rings is 1. The van der Waals surface area contributed by atoms with E-state index in [4.69, 9.17) is 26.6 Å². The molecule has 0 saturated carbocycles. The Labute approximate surface area is 124 Å². The van der Waals surface area contributed by atoms with Crippen LogP contribution in [-0.2, 0) is 0 Å². The van der Waals surface area contributed by atoms with Crippen LogP contribution < -0.4 is 10.5 Å². The third-order valence-electron chi connectivity index (χ3n) is 2.77. The maximum Gasteiger partial charge on any atom is 0.262 e. The van der Waals surface area contributed by atoms with Gasteiger partial charge in [-0.1, -0.05) is 16.8 Å². The van der Waals surface area contributed by atoms with Crippen molar-refractivity contribution in [2.24, 2.45) is 0 Å². The summed E-state index contributed by atoms with van der Waals surface area (Å²) in [6, 6.07) is 3.22. The molecule has 0 aliphatic heterocycles. The second kappa shape index (κ2) is 5.37. The minimum absolute atomic E-state index is 0.259. The number of nitrogens with zero attached hydrogens (tertiary/aromatic N) is 4. The lowest BCUT2D eigenvalue weighted by Gasteiger charge is -2.07. The maximum atomic E-state index is 6.02. The van der Waals surface area contributed by atoms with Gasteiger partial charge in [-0.25, -0.2) is 4.98 Å². The quantitative estimate of drug-likeness (QED) is 0.742. The highest BCUT2D eigenvalue weighted by Crippen LogP contribution is 2.35. The van der Waals surface area contributed by atoms with Gasteiger partial charge in [-0.05, 0) is 6.07 Å². The smallest absolute Gasteiger partial charge is 0.262 e. The molecule has 0 unspecified atom stereocenters. The van der Waals surface area contributed by atoms with Crippen molar-refractivity contribution in [3.63, 3.8) is 0 Å². The largest absolute Gasteiger partial charge is 0.496 e. The van der Waals surface area contributed by atoms with Gasteiger partial charge in [0.1, 0.15) is 11.4 Å². The summed E-state index contributed by atoms with van der Waals surface area (Å²) in [5.41, 5.74) is 7.21. The number of methoxy groups -OCH3 is 1. The minimum atomic E-state index is 0.259. The highest BCUT2D eigenvalue weighted by Gasteiger charge is 2.17. The van der Waals surface area contributed by atoms with E-state index in [1.807, 2.05) is 0 Å². The van der Waals surface area contributed by atoms with Gasteiger partial charge in [0.2, 0.25) is 5.82 Å². The zero-order valence-corrected chi connectivity index (χ0v) is 11.7. The van der Waals surface area contributed by atoms with E-state index < -0.39 is 0 Å². The van der Waals surface area contributed by atoms with Gasteiger partial charge in [-0.3, -0.25) is 4.98 Å². The van der Waals surface area contributed by atoms with E-state index >= 15 is 0 Å². The number of ether oxygens (including phenoxy) is 1. The molecule has 2 aromatic heterocycles. The molecule has 106 valence electrons. The van der Waals surface area contributed by atoms with Crippen molar-refractivity contribution in [2.75, 3.05) is 12.8 Å². The molecule has 0 radical (unpaired) electrons. The molecule has 0 bridgehead atoms. The predicted octanol–water partition coefficient (Wildman–Crippen LogP) is 2.44. The number of halogens is 1. The van der Waals surface area contributed by atoms with E-state index in [1.165, 1.54) is 7.11 Å². The van der Waals surface area contributed by atoms with E-state index in [0.717, 1.165) is 0 Å². The van der Waals surface area contributed by atoms with Crippen LogP contribution in [0.4, 0.5) is 5.69 Å². The molecule has 2 heterocycles. The number of hydrogen-bond acceptors (Lipinski definition) is 7. The van der Waals surface area contributed by atoms with Crippen molar-refractivity contribution in [3.8, 4) is 28.7 Å². The molecular weight excluding hydrogens is 294 g/mol. The van der Waals surface area contributed by atoms with E-state index in [1.54, 1.807) is 30.7 Å². The molecule has 0 saturated heterocycles. The normalized spacial score (nSPS) is 10.6. The van der Waals surface area contributed by atoms with Gasteiger partial charge in [-0.15, -0.1) is 0 Å². The Morgan fingerprint density at radius 2 is 2.14 bits per heavy atom. The molecule has 7 nitrogen and oxygen atoms in total. The van der Waals surface area contributed by atoms with Crippen molar-refractivity contribution in [1.82, 2.24) is 20.1 Å². The molecule has 0 fully saturated rings. The summed E-state index contributed by atoms with van der Waals surface area (Å²) in [6.45, 7) is 0. The maximum absolute atomic E-state index is 6.02. The van der Waals surface area contributed by atoms with Crippen LogP contribution in [0.1, 0.15) is 0 Å². The summed E-state index contributed by atoms with van der Waals surface area (Å²) in [7, 11) is 1.52. The van der Waals surface area contributed by atoms with Gasteiger partial charge in [0.05, 0.1) is 29.6 Å². The summed E-state index contributed by atoms with van der Waals surface area (Å²) in [4.78, 5) is 12.3. The number of anilines is 1. The molecule has 0 spiro atoms. The Morgan fingerprint density at radius 3 is 2.86 bits per heavy atom. The molecule has 0 aliphatic carbocycles. The molecule has 8 heteroatoms. The fourth-order valence-corrected chi connectivity index (χ4v) is 1.92. The predicted molar refractivity (Wildman–Crippen MR) is 76.7 cm³/mol. The summed E-state index contributed by atoms with van der Waals surface area (Å²) in [5, 5.41) is 4.25. The summed E-state index contributed by atoms with van der Waals surface area (Å²) >= 11 is 6.02. The number of rotatable bonds is 3. The van der Waals surface area contributed by atoms with Crippen molar-refractivity contribution in [3.05, 3.63) is 35.7 Å². The molecule has 2 N–H and O–H groups in total. The fourth-order valence-electron chi connectivity index (χ4n) is 1.76. The molecule has 3 rings (SSSR count). The average molecular weight is 304 g/mol. The molecule has 0 amide bonds. The molecular formula is C13H10ClN5O2. The van der Waals surface area contributed by atoms with Crippen molar-refractivity contribution in [2.45, 2.75) is 0 Å². The second-order valence-corrected chi connectivity index (χ2v) is 4.49. The number of aromatic nitrogens is 4. The summed E-state index contributed by atoms with van der Waals surface area (Å²) in [5.74, 6) is 1.08. The Morgan fingerprint density at radius 1 is 1.29 bits per heavy atom. The third kappa shape index (κ3) is 2.50. The standard InChI is InChI=1S/C13H10ClN5O2/c1-20-11-5-9(15)8(14)4-7(11)13-18-12(19-21-13)10-6-16-2-3-17-10/h2-6H,15H2,1H3. The SMILES string of the molecule is COc1cc(N)c(Cl)cc1-c1nc(-c2cnccn2)no1. The Balaban J connectivity index is 2.06. The van der Waals surface area contributed by atoms with E-state index in [9.17, 15) is 0 Å². The van der Waals surface area contributed by atoms with Gasteiger partial charge in [0.15, 0.2) is 0 Å². The average Bonchev–Trinajstić information content (AvgIpc) is 3.00. The van der Waals surface area contributed by atoms with Gasteiger partial charge in [0.25, 0.3) is 5.89 Å². The molecule has 3 aromatic rings. The Kier molecular flexibility index (Phi) is 3.41. The van der Waals surface area contributed by atoms with Crippen LogP contribution in [0.25, 0.3) is 23.0 Å². The molecule has 21 heavy (non-hydrogen) atoms. The first kappa shape index (κ1) is 13.3. The monoisotopic (exact) mass is 303 g/mol. The lowest BCUT2D eigenvalue weighted by atomic mass is 10.2. The molecule has 1 aromatic carbocycles. The summed E-state index contributed by atoms with van der Waals surface area (Å²) in [6.07, 6.45) is 4.65. The number of nitrogens with two attached hydrogens (primary N) is 1. The first-order chi connectivity index (χ1) is 10.2. The number of nitrogen functional groups attached to an aromatic ring is 1. The van der Waals surface area contributed by atoms with Crippen LogP contribution in [0, 0.1) is 0 Å². The highest BCUT2D eigenvalue weighted by atomic mass is 35.5. The van der Waals surface area contributed by atoms with Crippen LogP contribution in [0.15, 0.2) is 35.2 Å². The van der Waals surface area contributed by atoms with Crippen LogP contribution >= 0.6 is 11.6 Å². The topological polar surface area (TPSA) is 100.0 Å². The molecule has 0 aliphatic rings. The van der Waals surface area contributed by atoms with Crippen LogP contribution in [0.2, 0.25) is 5.02 Å². The Bertz CT molecular complexity index is 775. The minimum Gasteiger partial charge on any atom is -0.496 e. The summed E-state index contributed by atoms with van der Waals surface area (Å²) < 4.78 is 10.5. The van der Waals surface area contributed by atoms with Crippen LogP contribution in [0.5, 0.6) is 5.75 Å². The van der Waals surface area contributed by atoms with Gasteiger partial charge < -0.3 is 15.0 Å². The van der Waals surface area contributed by atoms with E-state index in [2.05, 4.69) is 20.1 Å². The van der Waals surface area contributed by atoms with Crippen LogP contribution in [-0.4, -0.2) is 27.2 Å².